The summed E-state index contributed by atoms with van der Waals surface area (Å²) >= 11 is 1.80. The van der Waals surface area contributed by atoms with Crippen molar-refractivity contribution in [1.29, 1.82) is 0 Å². The van der Waals surface area contributed by atoms with Crippen molar-refractivity contribution in [2.75, 3.05) is 0 Å². The van der Waals surface area contributed by atoms with E-state index in [0.29, 0.717) is 17.5 Å². The maximum Gasteiger partial charge on any atom is 0.164 e. The van der Waals surface area contributed by atoms with Crippen LogP contribution in [0.4, 0.5) is 0 Å². The standard InChI is InChI=1S/C38H24N4S/c1-3-9-27(10-4-1)36-40-37(28-11-5-2-6-12-28)42-38(41-36)31-14-7-15-34-35(31)32-23-29(20-21-33(32)43-34)25-16-18-26(19-17-25)30-13-8-22-39-24-30/h1-24H. The van der Waals surface area contributed by atoms with E-state index in [4.69, 9.17) is 15.0 Å². The number of rotatable bonds is 5. The SMILES string of the molecule is c1ccc(-c2nc(-c3ccccc3)nc(-c3cccc4sc5ccc(-c6ccc(-c7cccnc7)cc6)cc5c34)n2)cc1. The van der Waals surface area contributed by atoms with Crippen molar-refractivity contribution in [2.45, 2.75) is 0 Å². The summed E-state index contributed by atoms with van der Waals surface area (Å²) in [4.78, 5) is 19.2. The van der Waals surface area contributed by atoms with E-state index in [2.05, 4.69) is 71.7 Å². The van der Waals surface area contributed by atoms with Crippen molar-refractivity contribution in [1.82, 2.24) is 19.9 Å². The molecule has 0 saturated carbocycles. The number of hydrogen-bond acceptors (Lipinski definition) is 5. The van der Waals surface area contributed by atoms with Crippen LogP contribution in [-0.4, -0.2) is 19.9 Å². The topological polar surface area (TPSA) is 51.6 Å². The second-order valence-electron chi connectivity index (χ2n) is 10.3. The lowest BCUT2D eigenvalue weighted by Gasteiger charge is -2.10. The average molecular weight is 569 g/mol. The molecular weight excluding hydrogens is 545 g/mol. The Labute approximate surface area is 253 Å². The Balaban J connectivity index is 1.29. The first-order valence-electron chi connectivity index (χ1n) is 14.1. The van der Waals surface area contributed by atoms with Crippen molar-refractivity contribution in [3.63, 3.8) is 0 Å². The Bertz CT molecular complexity index is 2150. The zero-order valence-electron chi connectivity index (χ0n) is 23.1. The van der Waals surface area contributed by atoms with Gasteiger partial charge in [-0.3, -0.25) is 4.98 Å². The monoisotopic (exact) mass is 568 g/mol. The number of nitrogens with zero attached hydrogens (tertiary/aromatic N) is 4. The van der Waals surface area contributed by atoms with E-state index in [1.54, 1.807) is 17.5 Å². The Morgan fingerprint density at radius 3 is 1.67 bits per heavy atom. The second-order valence-corrected chi connectivity index (χ2v) is 11.4. The van der Waals surface area contributed by atoms with E-state index in [0.717, 1.165) is 27.8 Å². The highest BCUT2D eigenvalue weighted by Gasteiger charge is 2.17. The van der Waals surface area contributed by atoms with Crippen molar-refractivity contribution >= 4 is 31.5 Å². The lowest BCUT2D eigenvalue weighted by atomic mass is 9.98. The summed E-state index contributed by atoms with van der Waals surface area (Å²) in [6.45, 7) is 0. The van der Waals surface area contributed by atoms with Gasteiger partial charge in [0, 0.05) is 49.3 Å². The molecule has 3 heterocycles. The molecule has 8 aromatic rings. The molecule has 0 amide bonds. The largest absolute Gasteiger partial charge is 0.264 e. The number of fused-ring (bicyclic) bond motifs is 3. The molecule has 0 aliphatic rings. The first kappa shape index (κ1) is 25.2. The van der Waals surface area contributed by atoms with E-state index in [-0.39, 0.29) is 0 Å². The Hall–Kier alpha value is -5.52. The minimum Gasteiger partial charge on any atom is -0.264 e. The molecular formula is C38H24N4S. The first-order chi connectivity index (χ1) is 21.3. The van der Waals surface area contributed by atoms with Gasteiger partial charge in [-0.15, -0.1) is 11.3 Å². The van der Waals surface area contributed by atoms with Gasteiger partial charge in [0.05, 0.1) is 0 Å². The van der Waals surface area contributed by atoms with Crippen LogP contribution < -0.4 is 0 Å². The Morgan fingerprint density at radius 2 is 1.02 bits per heavy atom. The number of aromatic nitrogens is 4. The van der Waals surface area contributed by atoms with Gasteiger partial charge in [0.25, 0.3) is 0 Å². The lowest BCUT2D eigenvalue weighted by Crippen LogP contribution is -2.00. The van der Waals surface area contributed by atoms with Crippen LogP contribution in [0.5, 0.6) is 0 Å². The molecule has 4 nitrogen and oxygen atoms in total. The predicted octanol–water partition coefficient (Wildman–Crippen LogP) is 9.97. The number of pyridine rings is 1. The molecule has 0 N–H and O–H groups in total. The van der Waals surface area contributed by atoms with E-state index >= 15 is 0 Å². The summed E-state index contributed by atoms with van der Waals surface area (Å²) in [6.07, 6.45) is 3.70. The Kier molecular flexibility index (Phi) is 6.28. The fraction of sp³-hybridized carbons (Fsp3) is 0. The molecule has 0 radical (unpaired) electrons. The van der Waals surface area contributed by atoms with Crippen LogP contribution in [0.2, 0.25) is 0 Å². The molecule has 8 rings (SSSR count). The van der Waals surface area contributed by atoms with E-state index in [1.807, 2.05) is 72.9 Å². The fourth-order valence-electron chi connectivity index (χ4n) is 5.51. The van der Waals surface area contributed by atoms with Gasteiger partial charge in [0.15, 0.2) is 17.5 Å². The van der Waals surface area contributed by atoms with Crippen molar-refractivity contribution in [3.05, 3.63) is 146 Å². The van der Waals surface area contributed by atoms with Gasteiger partial charge in [-0.1, -0.05) is 109 Å². The quantitative estimate of drug-likeness (QED) is 0.207. The van der Waals surface area contributed by atoms with Crippen LogP contribution in [0.25, 0.3) is 76.6 Å². The molecule has 0 spiro atoms. The summed E-state index contributed by atoms with van der Waals surface area (Å²) in [7, 11) is 0. The van der Waals surface area contributed by atoms with Gasteiger partial charge >= 0.3 is 0 Å². The van der Waals surface area contributed by atoms with E-state index < -0.39 is 0 Å². The van der Waals surface area contributed by atoms with Gasteiger partial charge in [-0.2, -0.15) is 0 Å². The number of benzene rings is 5. The third-order valence-corrected chi connectivity index (χ3v) is 8.78. The molecule has 3 aromatic heterocycles. The fourth-order valence-corrected chi connectivity index (χ4v) is 6.62. The summed E-state index contributed by atoms with van der Waals surface area (Å²) in [5.74, 6) is 2.00. The average Bonchev–Trinajstić information content (AvgIpc) is 3.47. The van der Waals surface area contributed by atoms with Gasteiger partial charge in [0.1, 0.15) is 0 Å². The van der Waals surface area contributed by atoms with E-state index in [1.165, 1.54) is 31.3 Å². The number of hydrogen-bond donors (Lipinski definition) is 0. The van der Waals surface area contributed by atoms with Crippen molar-refractivity contribution in [2.24, 2.45) is 0 Å². The van der Waals surface area contributed by atoms with Gasteiger partial charge in [-0.05, 0) is 46.5 Å². The minimum absolute atomic E-state index is 0.662. The highest BCUT2D eigenvalue weighted by Crippen LogP contribution is 2.41. The van der Waals surface area contributed by atoms with Crippen LogP contribution in [0.3, 0.4) is 0 Å². The van der Waals surface area contributed by atoms with Gasteiger partial charge in [0.2, 0.25) is 0 Å². The number of thiophene rings is 1. The highest BCUT2D eigenvalue weighted by atomic mass is 32.1. The summed E-state index contributed by atoms with van der Waals surface area (Å²) in [6, 6.07) is 46.1. The third kappa shape index (κ3) is 4.76. The van der Waals surface area contributed by atoms with Crippen LogP contribution in [0.15, 0.2) is 146 Å². The van der Waals surface area contributed by atoms with Gasteiger partial charge < -0.3 is 0 Å². The molecule has 43 heavy (non-hydrogen) atoms. The molecule has 5 heteroatoms. The molecule has 0 saturated heterocycles. The minimum atomic E-state index is 0.662. The first-order valence-corrected chi connectivity index (χ1v) is 15.0. The van der Waals surface area contributed by atoms with Crippen LogP contribution in [0, 0.1) is 0 Å². The predicted molar refractivity (Wildman–Crippen MR) is 178 cm³/mol. The smallest absolute Gasteiger partial charge is 0.164 e. The van der Waals surface area contributed by atoms with E-state index in [9.17, 15) is 0 Å². The molecule has 0 unspecified atom stereocenters. The van der Waals surface area contributed by atoms with Crippen LogP contribution in [0.1, 0.15) is 0 Å². The zero-order valence-corrected chi connectivity index (χ0v) is 23.9. The third-order valence-electron chi connectivity index (χ3n) is 7.65. The highest BCUT2D eigenvalue weighted by molar-refractivity contribution is 7.25. The molecule has 0 aliphatic heterocycles. The summed E-state index contributed by atoms with van der Waals surface area (Å²) < 4.78 is 2.44. The molecule has 0 bridgehead atoms. The maximum atomic E-state index is 5.03. The molecule has 0 atom stereocenters. The summed E-state index contributed by atoms with van der Waals surface area (Å²) in [5, 5.41) is 2.37. The maximum absolute atomic E-state index is 5.03. The molecule has 202 valence electrons. The molecule has 5 aromatic carbocycles. The van der Waals surface area contributed by atoms with Gasteiger partial charge in [-0.25, -0.2) is 15.0 Å². The summed E-state index contributed by atoms with van der Waals surface area (Å²) in [5.41, 5.74) is 7.53. The second kappa shape index (κ2) is 10.7. The van der Waals surface area contributed by atoms with Crippen molar-refractivity contribution < 1.29 is 0 Å². The molecule has 0 aliphatic carbocycles. The van der Waals surface area contributed by atoms with Crippen LogP contribution in [-0.2, 0) is 0 Å². The van der Waals surface area contributed by atoms with Crippen molar-refractivity contribution in [3.8, 4) is 56.4 Å². The molecule has 0 fully saturated rings. The Morgan fingerprint density at radius 1 is 0.419 bits per heavy atom. The lowest BCUT2D eigenvalue weighted by molar-refractivity contribution is 1.08. The normalized spacial score (nSPS) is 11.3. The zero-order chi connectivity index (χ0) is 28.6. The van der Waals surface area contributed by atoms with Crippen LogP contribution >= 0.6 is 11.3 Å².